The van der Waals surface area contributed by atoms with Gasteiger partial charge in [0.25, 0.3) is 0 Å². The molecule has 0 unspecified atom stereocenters. The van der Waals surface area contributed by atoms with E-state index in [9.17, 15) is 8.42 Å². The second-order valence-corrected chi connectivity index (χ2v) is 12.2. The summed E-state index contributed by atoms with van der Waals surface area (Å²) < 4.78 is 32.5. The zero-order chi connectivity index (χ0) is 24.4. The molecule has 5 rings (SSSR count). The van der Waals surface area contributed by atoms with Crippen molar-refractivity contribution in [2.75, 3.05) is 26.3 Å². The van der Waals surface area contributed by atoms with E-state index in [1.807, 2.05) is 25.1 Å². The molecule has 0 spiro atoms. The number of nitrogens with zero attached hydrogens (tertiary/aromatic N) is 2. The van der Waals surface area contributed by atoms with Crippen LogP contribution in [0.25, 0.3) is 11.6 Å². The minimum absolute atomic E-state index is 0.0593. The highest BCUT2D eigenvalue weighted by atomic mass is 35.5. The number of ether oxygens (including phenoxy) is 1. The van der Waals surface area contributed by atoms with E-state index in [4.69, 9.17) is 16.3 Å². The van der Waals surface area contributed by atoms with E-state index >= 15 is 0 Å². The highest BCUT2D eigenvalue weighted by Gasteiger charge is 2.30. The minimum Gasteiger partial charge on any atom is -0.378 e. The standard InChI is InChI=1S/C27H27ClN2O3S2/c1-19-10-12-22(13-11-19)35(31,32)27-25(28)34-26(29-27)23-9-5-8-21(18-20-6-3-2-4-7-20)24(23)30-14-16-33-17-15-30/h2-4,6-7,10-13,18H,5,8-9,14-17H2,1H3. The molecule has 0 bridgehead atoms. The van der Waals surface area contributed by atoms with Gasteiger partial charge in [-0.25, -0.2) is 13.4 Å². The summed E-state index contributed by atoms with van der Waals surface area (Å²) in [7, 11) is -3.81. The predicted molar refractivity (Wildman–Crippen MR) is 141 cm³/mol. The summed E-state index contributed by atoms with van der Waals surface area (Å²) in [5, 5.41) is 0.622. The Morgan fingerprint density at radius 1 is 1.03 bits per heavy atom. The van der Waals surface area contributed by atoms with Gasteiger partial charge in [0.15, 0.2) is 5.03 Å². The van der Waals surface area contributed by atoms with Crippen LogP contribution in [-0.2, 0) is 14.6 Å². The van der Waals surface area contributed by atoms with E-state index < -0.39 is 9.84 Å². The van der Waals surface area contributed by atoms with Gasteiger partial charge in [-0.05, 0) is 55.5 Å². The number of aryl methyl sites for hydroxylation is 1. The predicted octanol–water partition coefficient (Wildman–Crippen LogP) is 6.25. The number of benzene rings is 2. The fraction of sp³-hybridized carbons (Fsp3) is 0.296. The second kappa shape index (κ2) is 10.3. The van der Waals surface area contributed by atoms with E-state index in [0.717, 1.165) is 54.7 Å². The lowest BCUT2D eigenvalue weighted by atomic mass is 9.89. The van der Waals surface area contributed by atoms with Gasteiger partial charge in [-0.15, -0.1) is 11.3 Å². The molecule has 1 aliphatic heterocycles. The van der Waals surface area contributed by atoms with Crippen molar-refractivity contribution < 1.29 is 13.2 Å². The monoisotopic (exact) mass is 526 g/mol. The van der Waals surface area contributed by atoms with Gasteiger partial charge in [0.2, 0.25) is 9.84 Å². The number of aromatic nitrogens is 1. The van der Waals surface area contributed by atoms with Crippen LogP contribution in [0.1, 0.15) is 35.4 Å². The van der Waals surface area contributed by atoms with Gasteiger partial charge in [0.1, 0.15) is 9.34 Å². The van der Waals surface area contributed by atoms with Crippen LogP contribution < -0.4 is 0 Å². The van der Waals surface area contributed by atoms with Crippen molar-refractivity contribution in [3.63, 3.8) is 0 Å². The molecule has 1 aliphatic carbocycles. The van der Waals surface area contributed by atoms with Crippen molar-refractivity contribution in [3.05, 3.63) is 86.3 Å². The van der Waals surface area contributed by atoms with Crippen LogP contribution in [0.5, 0.6) is 0 Å². The Balaban J connectivity index is 1.62. The molecule has 0 N–H and O–H groups in total. The number of hydrogen-bond acceptors (Lipinski definition) is 6. The normalized spacial score (nSPS) is 18.3. The molecule has 2 aromatic carbocycles. The zero-order valence-electron chi connectivity index (χ0n) is 19.5. The van der Waals surface area contributed by atoms with E-state index in [1.165, 1.54) is 16.9 Å². The van der Waals surface area contributed by atoms with E-state index in [0.29, 0.717) is 18.2 Å². The first-order chi connectivity index (χ1) is 16.9. The summed E-state index contributed by atoms with van der Waals surface area (Å²) in [5.41, 5.74) is 5.60. The number of thiazole rings is 1. The molecule has 0 saturated carbocycles. The second-order valence-electron chi connectivity index (χ2n) is 8.77. The maximum Gasteiger partial charge on any atom is 0.226 e. The summed E-state index contributed by atoms with van der Waals surface area (Å²) in [6, 6.07) is 17.1. The summed E-state index contributed by atoms with van der Waals surface area (Å²) in [6.07, 6.45) is 4.99. The Morgan fingerprint density at radius 3 is 2.46 bits per heavy atom. The molecule has 0 atom stereocenters. The Hall–Kier alpha value is -2.45. The fourth-order valence-corrected chi connectivity index (χ4v) is 7.56. The van der Waals surface area contributed by atoms with Gasteiger partial charge >= 0.3 is 0 Å². The number of hydrogen-bond donors (Lipinski definition) is 0. The Bertz CT molecular complexity index is 1370. The van der Waals surface area contributed by atoms with E-state index in [-0.39, 0.29) is 14.3 Å². The molecule has 1 fully saturated rings. The highest BCUT2D eigenvalue weighted by Crippen LogP contribution is 2.43. The lowest BCUT2D eigenvalue weighted by Gasteiger charge is -2.36. The Labute approximate surface area is 215 Å². The first-order valence-electron chi connectivity index (χ1n) is 11.7. The van der Waals surface area contributed by atoms with Gasteiger partial charge in [-0.3, -0.25) is 0 Å². The van der Waals surface area contributed by atoms with Crippen LogP contribution >= 0.6 is 22.9 Å². The maximum absolute atomic E-state index is 13.4. The summed E-state index contributed by atoms with van der Waals surface area (Å²) in [5.74, 6) is 0. The van der Waals surface area contributed by atoms with Crippen molar-refractivity contribution in [2.45, 2.75) is 36.1 Å². The minimum atomic E-state index is -3.81. The van der Waals surface area contributed by atoms with Crippen LogP contribution in [0.3, 0.4) is 0 Å². The van der Waals surface area contributed by atoms with Gasteiger partial charge in [-0.2, -0.15) is 0 Å². The number of morpholine rings is 1. The molecule has 0 amide bonds. The van der Waals surface area contributed by atoms with Gasteiger partial charge in [0, 0.05) is 24.4 Å². The molecule has 5 nitrogen and oxygen atoms in total. The number of halogens is 1. The first-order valence-corrected chi connectivity index (χ1v) is 14.4. The molecule has 0 radical (unpaired) electrons. The van der Waals surface area contributed by atoms with Gasteiger partial charge in [-0.1, -0.05) is 59.6 Å². The lowest BCUT2D eigenvalue weighted by molar-refractivity contribution is 0.0546. The highest BCUT2D eigenvalue weighted by molar-refractivity contribution is 7.91. The molecule has 2 aliphatic rings. The Morgan fingerprint density at radius 2 is 1.74 bits per heavy atom. The number of sulfone groups is 1. The third-order valence-electron chi connectivity index (χ3n) is 6.33. The summed E-state index contributed by atoms with van der Waals surface area (Å²) in [4.78, 5) is 7.21. The van der Waals surface area contributed by atoms with Gasteiger partial charge < -0.3 is 9.64 Å². The molecule has 3 aromatic rings. The average Bonchev–Trinajstić information content (AvgIpc) is 3.28. The SMILES string of the molecule is Cc1ccc(S(=O)(=O)c2nc(C3=C(N4CCOCC4)C(=Cc4ccccc4)CCC3)sc2Cl)cc1. The number of rotatable bonds is 5. The van der Waals surface area contributed by atoms with Crippen molar-refractivity contribution in [3.8, 4) is 0 Å². The van der Waals surface area contributed by atoms with Crippen molar-refractivity contribution >= 4 is 44.4 Å². The average molecular weight is 527 g/mol. The molecule has 1 saturated heterocycles. The smallest absolute Gasteiger partial charge is 0.226 e. The summed E-state index contributed by atoms with van der Waals surface area (Å²) >= 11 is 7.79. The number of allylic oxidation sites excluding steroid dienone is 2. The zero-order valence-corrected chi connectivity index (χ0v) is 21.9. The lowest BCUT2D eigenvalue weighted by Crippen LogP contribution is -2.37. The molecule has 35 heavy (non-hydrogen) atoms. The fourth-order valence-electron chi connectivity index (χ4n) is 4.58. The van der Waals surface area contributed by atoms with E-state index in [1.54, 1.807) is 24.3 Å². The molecular weight excluding hydrogens is 500 g/mol. The third-order valence-corrected chi connectivity index (χ3v) is 9.58. The van der Waals surface area contributed by atoms with Crippen LogP contribution in [0.2, 0.25) is 4.34 Å². The molecule has 2 heterocycles. The van der Waals surface area contributed by atoms with Crippen LogP contribution in [0, 0.1) is 6.92 Å². The van der Waals surface area contributed by atoms with Gasteiger partial charge in [0.05, 0.1) is 18.1 Å². The van der Waals surface area contributed by atoms with Crippen LogP contribution in [0.4, 0.5) is 0 Å². The first kappa shape index (κ1) is 24.3. The third kappa shape index (κ3) is 5.09. The van der Waals surface area contributed by atoms with Crippen LogP contribution in [0.15, 0.2) is 75.8 Å². The Kier molecular flexibility index (Phi) is 7.12. The van der Waals surface area contributed by atoms with E-state index in [2.05, 4.69) is 28.1 Å². The van der Waals surface area contributed by atoms with Crippen molar-refractivity contribution in [2.24, 2.45) is 0 Å². The molecule has 8 heteroatoms. The molecule has 182 valence electrons. The topological polar surface area (TPSA) is 59.5 Å². The largest absolute Gasteiger partial charge is 0.378 e. The van der Waals surface area contributed by atoms with Crippen molar-refractivity contribution in [1.29, 1.82) is 0 Å². The maximum atomic E-state index is 13.4. The quantitative estimate of drug-likeness (QED) is 0.393. The van der Waals surface area contributed by atoms with Crippen LogP contribution in [-0.4, -0.2) is 44.6 Å². The molecule has 1 aromatic heterocycles. The van der Waals surface area contributed by atoms with Crippen molar-refractivity contribution in [1.82, 2.24) is 9.88 Å². The summed E-state index contributed by atoms with van der Waals surface area (Å²) in [6.45, 7) is 4.84. The molecular formula is C27H27ClN2O3S2.